The normalized spacial score (nSPS) is 10.5. The Morgan fingerprint density at radius 1 is 1.47 bits per heavy atom. The third-order valence-corrected chi connectivity index (χ3v) is 4.45. The number of nitro benzene ring substituents is 1. The second-order valence-electron chi connectivity index (χ2n) is 3.99. The Bertz CT molecular complexity index is 630. The van der Waals surface area contributed by atoms with E-state index in [9.17, 15) is 10.1 Å². The summed E-state index contributed by atoms with van der Waals surface area (Å²) in [6.45, 7) is 2.46. The monoisotopic (exact) mass is 360 g/mol. The molecule has 7 heteroatoms. The molecule has 0 aliphatic rings. The van der Waals surface area contributed by atoms with Crippen LogP contribution in [0.25, 0.3) is 0 Å². The van der Waals surface area contributed by atoms with Gasteiger partial charge in [0.15, 0.2) is 0 Å². The van der Waals surface area contributed by atoms with Crippen molar-refractivity contribution in [3.05, 3.63) is 53.6 Å². The maximum Gasteiger partial charge on any atom is 0.288 e. The molecule has 0 amide bonds. The Hall–Kier alpha value is -1.11. The smallest absolute Gasteiger partial charge is 0.288 e. The average molecular weight is 362 g/mol. The minimum atomic E-state index is -0.477. The molecule has 0 atom stereocenters. The number of benzene rings is 1. The van der Waals surface area contributed by atoms with Crippen molar-refractivity contribution < 1.29 is 4.92 Å². The van der Waals surface area contributed by atoms with Crippen molar-refractivity contribution in [1.82, 2.24) is 0 Å². The van der Waals surface area contributed by atoms with Crippen molar-refractivity contribution in [2.45, 2.75) is 13.5 Å². The number of rotatable bonds is 4. The van der Waals surface area contributed by atoms with Crippen LogP contribution in [-0.4, -0.2) is 4.92 Å². The number of halogens is 2. The number of nitrogens with zero attached hydrogens (tertiary/aromatic N) is 1. The highest BCUT2D eigenvalue weighted by Gasteiger charge is 2.14. The SMILES string of the molecule is Cc1cc([N+](=O)[O-])c(Cl)cc1NCc1csc(Br)c1. The van der Waals surface area contributed by atoms with E-state index in [1.807, 2.05) is 18.4 Å². The zero-order chi connectivity index (χ0) is 14.0. The lowest BCUT2D eigenvalue weighted by Gasteiger charge is -2.09. The Morgan fingerprint density at radius 3 is 2.79 bits per heavy atom. The molecule has 0 bridgehead atoms. The Kier molecular flexibility index (Phi) is 4.44. The van der Waals surface area contributed by atoms with E-state index in [0.29, 0.717) is 6.54 Å². The van der Waals surface area contributed by atoms with Gasteiger partial charge in [0.2, 0.25) is 0 Å². The minimum Gasteiger partial charge on any atom is -0.381 e. The van der Waals surface area contributed by atoms with E-state index in [-0.39, 0.29) is 10.7 Å². The Labute approximate surface area is 127 Å². The van der Waals surface area contributed by atoms with Gasteiger partial charge < -0.3 is 5.32 Å². The van der Waals surface area contributed by atoms with Crippen molar-refractivity contribution in [3.63, 3.8) is 0 Å². The lowest BCUT2D eigenvalue weighted by Crippen LogP contribution is -2.01. The molecule has 0 aliphatic heterocycles. The summed E-state index contributed by atoms with van der Waals surface area (Å²) in [6.07, 6.45) is 0. The molecular weight excluding hydrogens is 352 g/mol. The number of anilines is 1. The van der Waals surface area contributed by atoms with E-state index in [4.69, 9.17) is 11.6 Å². The van der Waals surface area contributed by atoms with Crippen LogP contribution in [0.1, 0.15) is 11.1 Å². The van der Waals surface area contributed by atoms with Crippen LogP contribution in [-0.2, 0) is 6.54 Å². The van der Waals surface area contributed by atoms with E-state index >= 15 is 0 Å². The first-order chi connectivity index (χ1) is 8.97. The topological polar surface area (TPSA) is 55.2 Å². The van der Waals surface area contributed by atoms with E-state index in [1.54, 1.807) is 17.4 Å². The predicted octanol–water partition coefficient (Wildman–Crippen LogP) is 4.99. The van der Waals surface area contributed by atoms with Crippen LogP contribution in [0.2, 0.25) is 5.02 Å². The molecular formula is C12H10BrClN2O2S. The molecule has 2 aromatic rings. The van der Waals surface area contributed by atoms with Crippen LogP contribution in [0.4, 0.5) is 11.4 Å². The minimum absolute atomic E-state index is 0.0667. The highest BCUT2D eigenvalue weighted by Crippen LogP contribution is 2.31. The second-order valence-corrected chi connectivity index (χ2v) is 6.69. The number of aryl methyl sites for hydroxylation is 1. The van der Waals surface area contributed by atoms with Gasteiger partial charge in [0, 0.05) is 18.3 Å². The molecule has 1 aromatic heterocycles. The number of thiophene rings is 1. The predicted molar refractivity (Wildman–Crippen MR) is 82.2 cm³/mol. The molecule has 19 heavy (non-hydrogen) atoms. The maximum absolute atomic E-state index is 10.8. The lowest BCUT2D eigenvalue weighted by molar-refractivity contribution is -0.384. The van der Waals surface area contributed by atoms with Crippen LogP contribution < -0.4 is 5.32 Å². The molecule has 1 N–H and O–H groups in total. The van der Waals surface area contributed by atoms with Gasteiger partial charge >= 0.3 is 0 Å². The molecule has 0 saturated heterocycles. The summed E-state index contributed by atoms with van der Waals surface area (Å²) in [5.74, 6) is 0. The molecule has 0 unspecified atom stereocenters. The third kappa shape index (κ3) is 3.46. The quantitative estimate of drug-likeness (QED) is 0.616. The molecule has 0 fully saturated rings. The van der Waals surface area contributed by atoms with E-state index in [1.165, 1.54) is 6.07 Å². The Balaban J connectivity index is 2.17. The fourth-order valence-electron chi connectivity index (χ4n) is 1.63. The first kappa shape index (κ1) is 14.3. The third-order valence-electron chi connectivity index (χ3n) is 2.60. The second kappa shape index (κ2) is 5.90. The van der Waals surface area contributed by atoms with Crippen molar-refractivity contribution in [2.24, 2.45) is 0 Å². The van der Waals surface area contributed by atoms with Gasteiger partial charge in [-0.3, -0.25) is 10.1 Å². The van der Waals surface area contributed by atoms with Gasteiger partial charge in [-0.25, -0.2) is 0 Å². The summed E-state index contributed by atoms with van der Waals surface area (Å²) >= 11 is 10.9. The van der Waals surface area contributed by atoms with Gasteiger partial charge in [-0.1, -0.05) is 11.6 Å². The zero-order valence-corrected chi connectivity index (χ0v) is 13.1. The summed E-state index contributed by atoms with van der Waals surface area (Å²) in [4.78, 5) is 10.3. The standard InChI is InChI=1S/C12H10BrClN2O2S/c1-7-2-11(16(17)18)9(14)4-10(7)15-5-8-3-12(13)19-6-8/h2-4,6,15H,5H2,1H3. The largest absolute Gasteiger partial charge is 0.381 e. The van der Waals surface area contributed by atoms with E-state index in [2.05, 4.69) is 21.2 Å². The zero-order valence-electron chi connectivity index (χ0n) is 9.94. The first-order valence-corrected chi connectivity index (χ1v) is 7.43. The van der Waals surface area contributed by atoms with Crippen LogP contribution in [0.15, 0.2) is 27.4 Å². The van der Waals surface area contributed by atoms with Gasteiger partial charge in [0.05, 0.1) is 8.71 Å². The van der Waals surface area contributed by atoms with E-state index in [0.717, 1.165) is 20.6 Å². The fraction of sp³-hybridized carbons (Fsp3) is 0.167. The summed E-state index contributed by atoms with van der Waals surface area (Å²) in [6, 6.07) is 5.10. The van der Waals surface area contributed by atoms with Gasteiger partial charge in [-0.05, 0) is 51.5 Å². The summed E-state index contributed by atoms with van der Waals surface area (Å²) in [5, 5.41) is 16.2. The number of nitrogens with one attached hydrogen (secondary N) is 1. The molecule has 100 valence electrons. The highest BCUT2D eigenvalue weighted by molar-refractivity contribution is 9.11. The summed E-state index contributed by atoms with van der Waals surface area (Å²) < 4.78 is 1.07. The molecule has 2 rings (SSSR count). The molecule has 0 radical (unpaired) electrons. The summed E-state index contributed by atoms with van der Waals surface area (Å²) in [5.41, 5.74) is 2.68. The van der Waals surface area contributed by atoms with Crippen molar-refractivity contribution in [1.29, 1.82) is 0 Å². The average Bonchev–Trinajstić information content (AvgIpc) is 2.75. The Morgan fingerprint density at radius 2 is 2.21 bits per heavy atom. The van der Waals surface area contributed by atoms with Crippen molar-refractivity contribution in [3.8, 4) is 0 Å². The molecule has 0 saturated carbocycles. The van der Waals surface area contributed by atoms with Gasteiger partial charge in [0.25, 0.3) is 5.69 Å². The van der Waals surface area contributed by atoms with Gasteiger partial charge in [0.1, 0.15) is 5.02 Å². The van der Waals surface area contributed by atoms with E-state index < -0.39 is 4.92 Å². The maximum atomic E-state index is 10.8. The molecule has 0 aliphatic carbocycles. The first-order valence-electron chi connectivity index (χ1n) is 5.38. The van der Waals surface area contributed by atoms with Crippen molar-refractivity contribution in [2.75, 3.05) is 5.32 Å². The molecule has 1 heterocycles. The number of hydrogen-bond acceptors (Lipinski definition) is 4. The number of hydrogen-bond donors (Lipinski definition) is 1. The van der Waals surface area contributed by atoms with Gasteiger partial charge in [-0.2, -0.15) is 0 Å². The highest BCUT2D eigenvalue weighted by atomic mass is 79.9. The fourth-order valence-corrected chi connectivity index (χ4v) is 3.07. The molecule has 0 spiro atoms. The van der Waals surface area contributed by atoms with Crippen molar-refractivity contribution >= 4 is 50.2 Å². The lowest BCUT2D eigenvalue weighted by atomic mass is 10.1. The molecule has 1 aromatic carbocycles. The van der Waals surface area contributed by atoms with Crippen LogP contribution >= 0.6 is 38.9 Å². The van der Waals surface area contributed by atoms with Crippen LogP contribution in [0.5, 0.6) is 0 Å². The number of nitro groups is 1. The molecule has 4 nitrogen and oxygen atoms in total. The van der Waals surface area contributed by atoms with Gasteiger partial charge in [-0.15, -0.1) is 11.3 Å². The summed E-state index contributed by atoms with van der Waals surface area (Å²) in [7, 11) is 0. The van der Waals surface area contributed by atoms with Crippen LogP contribution in [0, 0.1) is 17.0 Å². The van der Waals surface area contributed by atoms with Crippen LogP contribution in [0.3, 0.4) is 0 Å².